The van der Waals surface area contributed by atoms with Gasteiger partial charge in [0.25, 0.3) is 0 Å². The summed E-state index contributed by atoms with van der Waals surface area (Å²) < 4.78 is 5.34. The van der Waals surface area contributed by atoms with Gasteiger partial charge < -0.3 is 4.74 Å². The normalized spacial score (nSPS) is 12.1. The fourth-order valence-electron chi connectivity index (χ4n) is 3.02. The van der Waals surface area contributed by atoms with Crippen molar-refractivity contribution in [1.29, 1.82) is 0 Å². The SMILES string of the molecule is COc1ccccc1/C=N\N=C1c2ccccc2-c2ccccc21. The molecule has 3 nitrogen and oxygen atoms in total. The van der Waals surface area contributed by atoms with E-state index in [0.717, 1.165) is 28.2 Å². The zero-order valence-electron chi connectivity index (χ0n) is 13.3. The van der Waals surface area contributed by atoms with Gasteiger partial charge in [-0.25, -0.2) is 0 Å². The van der Waals surface area contributed by atoms with Crippen LogP contribution in [-0.4, -0.2) is 19.0 Å². The third-order valence-electron chi connectivity index (χ3n) is 4.15. The summed E-state index contributed by atoms with van der Waals surface area (Å²) >= 11 is 0. The van der Waals surface area contributed by atoms with Crippen molar-refractivity contribution in [2.75, 3.05) is 7.11 Å². The molecule has 3 heteroatoms. The summed E-state index contributed by atoms with van der Waals surface area (Å²) in [6.07, 6.45) is 1.73. The van der Waals surface area contributed by atoms with Crippen LogP contribution in [-0.2, 0) is 0 Å². The molecule has 0 aliphatic heterocycles. The van der Waals surface area contributed by atoms with Crippen LogP contribution in [0.25, 0.3) is 11.1 Å². The molecule has 3 aromatic rings. The Bertz CT molecular complexity index is 910. The number of benzene rings is 3. The molecule has 24 heavy (non-hydrogen) atoms. The van der Waals surface area contributed by atoms with Gasteiger partial charge in [-0.1, -0.05) is 60.7 Å². The maximum absolute atomic E-state index is 5.34. The average molecular weight is 312 g/mol. The van der Waals surface area contributed by atoms with Crippen molar-refractivity contribution < 1.29 is 4.74 Å². The van der Waals surface area contributed by atoms with Gasteiger partial charge in [0.05, 0.1) is 13.3 Å². The van der Waals surface area contributed by atoms with E-state index in [1.54, 1.807) is 13.3 Å². The lowest BCUT2D eigenvalue weighted by atomic mass is 10.1. The minimum atomic E-state index is 0.786. The van der Waals surface area contributed by atoms with Gasteiger partial charge in [-0.05, 0) is 23.3 Å². The van der Waals surface area contributed by atoms with Gasteiger partial charge in [-0.2, -0.15) is 5.10 Å². The Labute approximate surface area is 141 Å². The first-order valence-corrected chi connectivity index (χ1v) is 7.81. The summed E-state index contributed by atoms with van der Waals surface area (Å²) in [6.45, 7) is 0. The Balaban J connectivity index is 1.76. The van der Waals surface area contributed by atoms with E-state index < -0.39 is 0 Å². The summed E-state index contributed by atoms with van der Waals surface area (Å²) in [5.41, 5.74) is 6.47. The molecule has 0 fully saturated rings. The predicted molar refractivity (Wildman–Crippen MR) is 98.1 cm³/mol. The van der Waals surface area contributed by atoms with Gasteiger partial charge >= 0.3 is 0 Å². The molecule has 0 heterocycles. The molecule has 0 radical (unpaired) electrons. The molecule has 0 saturated heterocycles. The van der Waals surface area contributed by atoms with E-state index in [-0.39, 0.29) is 0 Å². The smallest absolute Gasteiger partial charge is 0.127 e. The highest BCUT2D eigenvalue weighted by molar-refractivity contribution is 6.24. The first-order valence-electron chi connectivity index (χ1n) is 7.81. The van der Waals surface area contributed by atoms with Crippen LogP contribution in [0.2, 0.25) is 0 Å². The lowest BCUT2D eigenvalue weighted by molar-refractivity contribution is 0.414. The van der Waals surface area contributed by atoms with Gasteiger partial charge in [-0.15, -0.1) is 5.10 Å². The highest BCUT2D eigenvalue weighted by atomic mass is 16.5. The van der Waals surface area contributed by atoms with Crippen LogP contribution >= 0.6 is 0 Å². The second-order valence-electron chi connectivity index (χ2n) is 5.53. The number of nitrogens with zero attached hydrogens (tertiary/aromatic N) is 2. The standard InChI is InChI=1S/C21H16N2O/c1-24-20-13-7-2-8-15(20)14-22-23-21-18-11-5-3-9-16(18)17-10-4-6-12-19(17)21/h2-14H,1H3/b22-14-. The van der Waals surface area contributed by atoms with Crippen LogP contribution in [0.4, 0.5) is 0 Å². The molecule has 1 aliphatic rings. The zero-order valence-corrected chi connectivity index (χ0v) is 13.3. The molecule has 0 bridgehead atoms. The number of hydrogen-bond acceptors (Lipinski definition) is 3. The molecule has 0 atom stereocenters. The molecule has 1 aliphatic carbocycles. The van der Waals surface area contributed by atoms with Crippen LogP contribution in [0.5, 0.6) is 5.75 Å². The Morgan fingerprint density at radius 3 is 1.88 bits per heavy atom. The molecular weight excluding hydrogens is 296 g/mol. The van der Waals surface area contributed by atoms with E-state index in [0.29, 0.717) is 0 Å². The molecule has 0 amide bonds. The van der Waals surface area contributed by atoms with Crippen molar-refractivity contribution in [3.8, 4) is 16.9 Å². The number of hydrogen-bond donors (Lipinski definition) is 0. The topological polar surface area (TPSA) is 34.0 Å². The lowest BCUT2D eigenvalue weighted by Gasteiger charge is -2.02. The fourth-order valence-corrected chi connectivity index (χ4v) is 3.02. The van der Waals surface area contributed by atoms with Crippen LogP contribution in [0.1, 0.15) is 16.7 Å². The molecule has 0 saturated carbocycles. The minimum absolute atomic E-state index is 0.786. The van der Waals surface area contributed by atoms with Crippen molar-refractivity contribution in [1.82, 2.24) is 0 Å². The Morgan fingerprint density at radius 1 is 0.708 bits per heavy atom. The van der Waals surface area contributed by atoms with Gasteiger partial charge in [-0.3, -0.25) is 0 Å². The van der Waals surface area contributed by atoms with E-state index in [2.05, 4.69) is 46.6 Å². The number of rotatable bonds is 3. The van der Waals surface area contributed by atoms with Crippen LogP contribution < -0.4 is 4.74 Å². The molecule has 0 spiro atoms. The molecule has 3 aromatic carbocycles. The van der Waals surface area contributed by atoms with E-state index in [4.69, 9.17) is 4.74 Å². The largest absolute Gasteiger partial charge is 0.496 e. The van der Waals surface area contributed by atoms with Gasteiger partial charge in [0.1, 0.15) is 11.5 Å². The highest BCUT2D eigenvalue weighted by Crippen LogP contribution is 2.36. The van der Waals surface area contributed by atoms with E-state index in [9.17, 15) is 0 Å². The highest BCUT2D eigenvalue weighted by Gasteiger charge is 2.23. The first kappa shape index (κ1) is 14.4. The second kappa shape index (κ2) is 6.13. The third kappa shape index (κ3) is 2.40. The quantitative estimate of drug-likeness (QED) is 0.404. The predicted octanol–water partition coefficient (Wildman–Crippen LogP) is 4.55. The molecule has 0 N–H and O–H groups in total. The maximum Gasteiger partial charge on any atom is 0.127 e. The second-order valence-corrected chi connectivity index (χ2v) is 5.53. The summed E-state index contributed by atoms with van der Waals surface area (Å²) in [7, 11) is 1.65. The van der Waals surface area contributed by atoms with Gasteiger partial charge in [0, 0.05) is 16.7 Å². The van der Waals surface area contributed by atoms with Crippen LogP contribution in [0, 0.1) is 0 Å². The first-order chi connectivity index (χ1) is 11.9. The Hall–Kier alpha value is -3.20. The maximum atomic E-state index is 5.34. The van der Waals surface area contributed by atoms with Crippen LogP contribution in [0.3, 0.4) is 0 Å². The summed E-state index contributed by atoms with van der Waals surface area (Å²) in [4.78, 5) is 0. The van der Waals surface area contributed by atoms with E-state index >= 15 is 0 Å². The zero-order chi connectivity index (χ0) is 16.4. The van der Waals surface area contributed by atoms with Gasteiger partial charge in [0.15, 0.2) is 0 Å². The monoisotopic (exact) mass is 312 g/mol. The molecule has 116 valence electrons. The molecular formula is C21H16N2O. The van der Waals surface area contributed by atoms with Crippen molar-refractivity contribution in [2.24, 2.45) is 10.2 Å². The van der Waals surface area contributed by atoms with Crippen molar-refractivity contribution in [2.45, 2.75) is 0 Å². The van der Waals surface area contributed by atoms with E-state index in [1.165, 1.54) is 11.1 Å². The van der Waals surface area contributed by atoms with Crippen molar-refractivity contribution in [3.63, 3.8) is 0 Å². The lowest BCUT2D eigenvalue weighted by Crippen LogP contribution is -1.97. The number of ether oxygens (including phenoxy) is 1. The molecule has 4 rings (SSSR count). The van der Waals surface area contributed by atoms with Crippen molar-refractivity contribution >= 4 is 11.9 Å². The summed E-state index contributed by atoms with van der Waals surface area (Å²) in [5, 5.41) is 8.82. The minimum Gasteiger partial charge on any atom is -0.496 e. The number of methoxy groups -OCH3 is 1. The van der Waals surface area contributed by atoms with Crippen molar-refractivity contribution in [3.05, 3.63) is 89.5 Å². The number of para-hydroxylation sites is 1. The Morgan fingerprint density at radius 2 is 1.25 bits per heavy atom. The summed E-state index contributed by atoms with van der Waals surface area (Å²) in [6, 6.07) is 24.4. The molecule has 0 aromatic heterocycles. The summed E-state index contributed by atoms with van der Waals surface area (Å²) in [5.74, 6) is 0.786. The third-order valence-corrected chi connectivity index (χ3v) is 4.15. The van der Waals surface area contributed by atoms with E-state index in [1.807, 2.05) is 36.4 Å². The molecule has 0 unspecified atom stereocenters. The van der Waals surface area contributed by atoms with Gasteiger partial charge in [0.2, 0.25) is 0 Å². The Kier molecular flexibility index (Phi) is 3.67. The number of fused-ring (bicyclic) bond motifs is 3. The average Bonchev–Trinajstić information content (AvgIpc) is 2.97. The fraction of sp³-hybridized carbons (Fsp3) is 0.0476. The van der Waals surface area contributed by atoms with Crippen LogP contribution in [0.15, 0.2) is 83.0 Å².